The van der Waals surface area contributed by atoms with Gasteiger partial charge < -0.3 is 14.9 Å². The van der Waals surface area contributed by atoms with Crippen molar-refractivity contribution in [1.82, 2.24) is 9.80 Å². The second kappa shape index (κ2) is 5.71. The van der Waals surface area contributed by atoms with Crippen molar-refractivity contribution in [2.75, 3.05) is 26.2 Å². The van der Waals surface area contributed by atoms with Crippen LogP contribution in [0.25, 0.3) is 0 Å². The summed E-state index contributed by atoms with van der Waals surface area (Å²) in [6.45, 7) is 10.8. The van der Waals surface area contributed by atoms with Gasteiger partial charge in [-0.25, -0.2) is 4.79 Å². The molecular weight excluding hydrogens is 216 g/mol. The third kappa shape index (κ3) is 3.60. The third-order valence-electron chi connectivity index (χ3n) is 3.80. The van der Waals surface area contributed by atoms with Crippen LogP contribution in [0.5, 0.6) is 0 Å². The summed E-state index contributed by atoms with van der Waals surface area (Å²) < 4.78 is 0. The SMILES string of the molecule is CCN(CC)C(=O)N1CCC(C(C)(C)O)CC1. The summed E-state index contributed by atoms with van der Waals surface area (Å²) in [7, 11) is 0. The van der Waals surface area contributed by atoms with Crippen molar-refractivity contribution < 1.29 is 9.90 Å². The fourth-order valence-corrected chi connectivity index (χ4v) is 2.47. The predicted molar refractivity (Wildman–Crippen MR) is 68.9 cm³/mol. The highest BCUT2D eigenvalue weighted by Gasteiger charge is 2.32. The molecule has 1 aliphatic rings. The summed E-state index contributed by atoms with van der Waals surface area (Å²) in [6.07, 6.45) is 1.80. The van der Waals surface area contributed by atoms with Gasteiger partial charge in [-0.1, -0.05) is 0 Å². The normalized spacial score (nSPS) is 18.3. The fourth-order valence-electron chi connectivity index (χ4n) is 2.47. The lowest BCUT2D eigenvalue weighted by Gasteiger charge is -2.39. The molecule has 0 aromatic rings. The Bertz CT molecular complexity index is 249. The maximum Gasteiger partial charge on any atom is 0.319 e. The van der Waals surface area contributed by atoms with E-state index in [-0.39, 0.29) is 6.03 Å². The maximum absolute atomic E-state index is 12.1. The van der Waals surface area contributed by atoms with Crippen molar-refractivity contribution in [3.63, 3.8) is 0 Å². The number of hydrogen-bond donors (Lipinski definition) is 1. The molecule has 0 bridgehead atoms. The van der Waals surface area contributed by atoms with Crippen LogP contribution in [0.2, 0.25) is 0 Å². The fraction of sp³-hybridized carbons (Fsp3) is 0.923. The summed E-state index contributed by atoms with van der Waals surface area (Å²) in [5, 5.41) is 9.95. The van der Waals surface area contributed by atoms with E-state index in [1.807, 2.05) is 37.5 Å². The number of carbonyl (C=O) groups excluding carboxylic acids is 1. The molecule has 4 heteroatoms. The third-order valence-corrected chi connectivity index (χ3v) is 3.80. The molecule has 0 aromatic carbocycles. The molecule has 1 saturated heterocycles. The molecule has 0 spiro atoms. The molecule has 0 saturated carbocycles. The van der Waals surface area contributed by atoms with E-state index in [4.69, 9.17) is 0 Å². The van der Waals surface area contributed by atoms with Gasteiger partial charge in [0, 0.05) is 26.2 Å². The largest absolute Gasteiger partial charge is 0.390 e. The van der Waals surface area contributed by atoms with E-state index in [0.717, 1.165) is 39.0 Å². The monoisotopic (exact) mass is 242 g/mol. The average Bonchev–Trinajstić information content (AvgIpc) is 2.29. The first-order valence-electron chi connectivity index (χ1n) is 6.66. The first kappa shape index (κ1) is 14.3. The van der Waals surface area contributed by atoms with Gasteiger partial charge in [-0.3, -0.25) is 0 Å². The van der Waals surface area contributed by atoms with Gasteiger partial charge in [0.25, 0.3) is 0 Å². The number of urea groups is 1. The molecule has 0 atom stereocenters. The van der Waals surface area contributed by atoms with Gasteiger partial charge >= 0.3 is 6.03 Å². The van der Waals surface area contributed by atoms with Gasteiger partial charge in [-0.2, -0.15) is 0 Å². The lowest BCUT2D eigenvalue weighted by Crippen LogP contribution is -2.49. The van der Waals surface area contributed by atoms with Gasteiger partial charge in [-0.05, 0) is 46.5 Å². The zero-order valence-electron chi connectivity index (χ0n) is 11.6. The van der Waals surface area contributed by atoms with Gasteiger partial charge in [0.15, 0.2) is 0 Å². The molecule has 0 aliphatic carbocycles. The first-order valence-corrected chi connectivity index (χ1v) is 6.66. The number of amides is 2. The van der Waals surface area contributed by atoms with Crippen molar-refractivity contribution in [3.05, 3.63) is 0 Å². The van der Waals surface area contributed by atoms with E-state index in [0.29, 0.717) is 5.92 Å². The Morgan fingerprint density at radius 2 is 1.76 bits per heavy atom. The van der Waals surface area contributed by atoms with E-state index in [9.17, 15) is 9.90 Å². The molecule has 100 valence electrons. The molecule has 2 amide bonds. The standard InChI is InChI=1S/C13H26N2O2/c1-5-14(6-2)12(16)15-9-7-11(8-10-15)13(3,4)17/h11,17H,5-10H2,1-4H3. The summed E-state index contributed by atoms with van der Waals surface area (Å²) in [6, 6.07) is 0.143. The Hall–Kier alpha value is -0.770. The summed E-state index contributed by atoms with van der Waals surface area (Å²) in [4.78, 5) is 15.9. The Morgan fingerprint density at radius 3 is 2.12 bits per heavy atom. The predicted octanol–water partition coefficient (Wildman–Crippen LogP) is 1.93. The number of nitrogens with zero attached hydrogens (tertiary/aromatic N) is 2. The zero-order valence-corrected chi connectivity index (χ0v) is 11.6. The number of carbonyl (C=O) groups is 1. The molecular formula is C13H26N2O2. The summed E-state index contributed by atoms with van der Waals surface area (Å²) in [5.74, 6) is 0.309. The van der Waals surface area contributed by atoms with Crippen molar-refractivity contribution in [3.8, 4) is 0 Å². The van der Waals surface area contributed by atoms with Gasteiger partial charge in [0.1, 0.15) is 0 Å². The second-order valence-electron chi connectivity index (χ2n) is 5.37. The van der Waals surface area contributed by atoms with Crippen LogP contribution in [-0.4, -0.2) is 52.7 Å². The molecule has 0 aromatic heterocycles. The van der Waals surface area contributed by atoms with E-state index in [1.165, 1.54) is 0 Å². The Balaban J connectivity index is 2.49. The Morgan fingerprint density at radius 1 is 1.29 bits per heavy atom. The summed E-state index contributed by atoms with van der Waals surface area (Å²) in [5.41, 5.74) is -0.621. The molecule has 0 unspecified atom stereocenters. The molecule has 1 heterocycles. The van der Waals surface area contributed by atoms with Gasteiger partial charge in [0.05, 0.1) is 5.60 Å². The molecule has 0 radical (unpaired) electrons. The van der Waals surface area contributed by atoms with E-state index in [2.05, 4.69) is 0 Å². The molecule has 1 fully saturated rings. The maximum atomic E-state index is 12.1. The lowest BCUT2D eigenvalue weighted by atomic mass is 9.83. The van der Waals surface area contributed by atoms with Crippen molar-refractivity contribution in [1.29, 1.82) is 0 Å². The number of aliphatic hydroxyl groups is 1. The minimum absolute atomic E-state index is 0.143. The van der Waals surface area contributed by atoms with Crippen molar-refractivity contribution in [2.45, 2.75) is 46.1 Å². The van der Waals surface area contributed by atoms with Crippen LogP contribution >= 0.6 is 0 Å². The van der Waals surface area contributed by atoms with E-state index >= 15 is 0 Å². The van der Waals surface area contributed by atoms with E-state index in [1.54, 1.807) is 0 Å². The summed E-state index contributed by atoms with van der Waals surface area (Å²) >= 11 is 0. The molecule has 1 N–H and O–H groups in total. The molecule has 4 nitrogen and oxygen atoms in total. The van der Waals surface area contributed by atoms with Gasteiger partial charge in [-0.15, -0.1) is 0 Å². The molecule has 1 aliphatic heterocycles. The minimum atomic E-state index is -0.621. The zero-order chi connectivity index (χ0) is 13.1. The second-order valence-corrected chi connectivity index (χ2v) is 5.37. The number of hydrogen-bond acceptors (Lipinski definition) is 2. The highest BCUT2D eigenvalue weighted by molar-refractivity contribution is 5.74. The highest BCUT2D eigenvalue weighted by atomic mass is 16.3. The van der Waals surface area contributed by atoms with Crippen LogP contribution in [0.4, 0.5) is 4.79 Å². The topological polar surface area (TPSA) is 43.8 Å². The number of rotatable bonds is 3. The lowest BCUT2D eigenvalue weighted by molar-refractivity contribution is -0.00940. The van der Waals surface area contributed by atoms with Crippen LogP contribution in [-0.2, 0) is 0 Å². The van der Waals surface area contributed by atoms with Crippen LogP contribution < -0.4 is 0 Å². The van der Waals surface area contributed by atoms with E-state index < -0.39 is 5.60 Å². The van der Waals surface area contributed by atoms with Crippen molar-refractivity contribution >= 4 is 6.03 Å². The average molecular weight is 242 g/mol. The van der Waals surface area contributed by atoms with Crippen LogP contribution in [0.15, 0.2) is 0 Å². The molecule has 17 heavy (non-hydrogen) atoms. The first-order chi connectivity index (χ1) is 7.90. The highest BCUT2D eigenvalue weighted by Crippen LogP contribution is 2.28. The van der Waals surface area contributed by atoms with Crippen LogP contribution in [0.3, 0.4) is 0 Å². The van der Waals surface area contributed by atoms with Crippen LogP contribution in [0, 0.1) is 5.92 Å². The smallest absolute Gasteiger partial charge is 0.319 e. The number of piperidine rings is 1. The quantitative estimate of drug-likeness (QED) is 0.822. The Labute approximate surface area is 105 Å². The minimum Gasteiger partial charge on any atom is -0.390 e. The Kier molecular flexibility index (Phi) is 4.80. The van der Waals surface area contributed by atoms with Crippen LogP contribution in [0.1, 0.15) is 40.5 Å². The number of likely N-dealkylation sites (tertiary alicyclic amines) is 1. The van der Waals surface area contributed by atoms with Gasteiger partial charge in [0.2, 0.25) is 0 Å². The molecule has 1 rings (SSSR count). The van der Waals surface area contributed by atoms with Crippen molar-refractivity contribution in [2.24, 2.45) is 5.92 Å².